The van der Waals surface area contributed by atoms with Gasteiger partial charge in [-0.1, -0.05) is 18.2 Å². The number of hydrogen-bond acceptors (Lipinski definition) is 4. The molecule has 3 aromatic heterocycles. The van der Waals surface area contributed by atoms with Crippen LogP contribution in [0.15, 0.2) is 70.3 Å². The second-order valence-electron chi connectivity index (χ2n) is 6.97. The molecule has 0 fully saturated rings. The molecule has 0 saturated heterocycles. The highest BCUT2D eigenvalue weighted by Crippen LogP contribution is 2.22. The van der Waals surface area contributed by atoms with E-state index in [1.54, 1.807) is 49.8 Å². The third-order valence-electron chi connectivity index (χ3n) is 4.97. The van der Waals surface area contributed by atoms with Crippen molar-refractivity contribution in [3.8, 4) is 0 Å². The molecular weight excluding hydrogens is 385 g/mol. The van der Waals surface area contributed by atoms with Gasteiger partial charge in [0.1, 0.15) is 17.2 Å². The number of pyridine rings is 2. The zero-order chi connectivity index (χ0) is 21.1. The summed E-state index contributed by atoms with van der Waals surface area (Å²) in [5.41, 5.74) is 1.59. The van der Waals surface area contributed by atoms with Crippen LogP contribution in [-0.4, -0.2) is 22.0 Å². The number of furan rings is 1. The molecule has 1 aromatic carbocycles. The molecule has 0 aliphatic rings. The number of aromatic nitrogens is 2. The maximum Gasteiger partial charge on any atom is 0.262 e. The lowest BCUT2D eigenvalue weighted by molar-refractivity contribution is 0.0954. The van der Waals surface area contributed by atoms with Crippen molar-refractivity contribution in [3.63, 3.8) is 0 Å². The minimum Gasteiger partial charge on any atom is -0.460 e. The SMILES string of the molecule is Cc1oc2ccn(Cc3ccccc3F)c(=O)c2c1C(=O)NCCc1ccncc1. The van der Waals surface area contributed by atoms with E-state index < -0.39 is 5.56 Å². The van der Waals surface area contributed by atoms with Gasteiger partial charge in [-0.15, -0.1) is 0 Å². The first-order valence-corrected chi connectivity index (χ1v) is 9.57. The van der Waals surface area contributed by atoms with Gasteiger partial charge in [-0.2, -0.15) is 0 Å². The Kier molecular flexibility index (Phi) is 5.43. The molecule has 4 rings (SSSR count). The fourth-order valence-electron chi connectivity index (χ4n) is 3.43. The van der Waals surface area contributed by atoms with Crippen LogP contribution in [0.25, 0.3) is 11.0 Å². The number of rotatable bonds is 6. The lowest BCUT2D eigenvalue weighted by atomic mass is 10.1. The topological polar surface area (TPSA) is 77.1 Å². The smallest absolute Gasteiger partial charge is 0.262 e. The molecule has 152 valence electrons. The Morgan fingerprint density at radius 1 is 1.17 bits per heavy atom. The van der Waals surface area contributed by atoms with Crippen molar-refractivity contribution >= 4 is 16.9 Å². The van der Waals surface area contributed by atoms with Gasteiger partial charge in [-0.05, 0) is 43.2 Å². The molecule has 7 heteroatoms. The summed E-state index contributed by atoms with van der Waals surface area (Å²) in [6.07, 6.45) is 5.58. The summed E-state index contributed by atoms with van der Waals surface area (Å²) < 4.78 is 21.0. The molecule has 0 saturated carbocycles. The van der Waals surface area contributed by atoms with E-state index in [2.05, 4.69) is 10.3 Å². The average molecular weight is 405 g/mol. The Balaban J connectivity index is 1.61. The molecular formula is C23H20FN3O3. The number of hydrogen-bond donors (Lipinski definition) is 1. The summed E-state index contributed by atoms with van der Waals surface area (Å²) in [4.78, 5) is 29.9. The number of nitrogens with one attached hydrogen (secondary N) is 1. The lowest BCUT2D eigenvalue weighted by Gasteiger charge is -2.08. The minimum atomic E-state index is -0.396. The van der Waals surface area contributed by atoms with Gasteiger partial charge in [0.25, 0.3) is 11.5 Å². The van der Waals surface area contributed by atoms with Gasteiger partial charge in [0, 0.05) is 30.7 Å². The van der Waals surface area contributed by atoms with Crippen LogP contribution in [0, 0.1) is 12.7 Å². The molecule has 1 amide bonds. The van der Waals surface area contributed by atoms with E-state index in [9.17, 15) is 14.0 Å². The second-order valence-corrected chi connectivity index (χ2v) is 6.97. The Hall–Kier alpha value is -3.74. The van der Waals surface area contributed by atoms with Crippen LogP contribution in [0.3, 0.4) is 0 Å². The van der Waals surface area contributed by atoms with Crippen LogP contribution in [0.4, 0.5) is 4.39 Å². The molecule has 0 bridgehead atoms. The van der Waals surface area contributed by atoms with Gasteiger partial charge >= 0.3 is 0 Å². The first-order valence-electron chi connectivity index (χ1n) is 9.57. The summed E-state index contributed by atoms with van der Waals surface area (Å²) in [7, 11) is 0. The molecule has 6 nitrogen and oxygen atoms in total. The quantitative estimate of drug-likeness (QED) is 0.533. The van der Waals surface area contributed by atoms with Crippen molar-refractivity contribution in [2.45, 2.75) is 19.9 Å². The second kappa shape index (κ2) is 8.32. The number of carbonyl (C=O) groups excluding carboxylic acids is 1. The van der Waals surface area contributed by atoms with Gasteiger partial charge in [-0.3, -0.25) is 14.6 Å². The van der Waals surface area contributed by atoms with Crippen molar-refractivity contribution in [1.82, 2.24) is 14.9 Å². The average Bonchev–Trinajstić information content (AvgIpc) is 3.09. The summed E-state index contributed by atoms with van der Waals surface area (Å²) in [5, 5.41) is 3.05. The summed E-state index contributed by atoms with van der Waals surface area (Å²) >= 11 is 0. The molecule has 0 aliphatic carbocycles. The molecule has 4 aromatic rings. The molecule has 0 unspecified atom stereocenters. The number of benzene rings is 1. The zero-order valence-electron chi connectivity index (χ0n) is 16.4. The Morgan fingerprint density at radius 2 is 1.93 bits per heavy atom. The third kappa shape index (κ3) is 3.87. The van der Waals surface area contributed by atoms with Crippen molar-refractivity contribution < 1.29 is 13.6 Å². The Bertz CT molecular complexity index is 1260. The monoisotopic (exact) mass is 405 g/mol. The number of halogens is 1. The Labute approximate surface area is 172 Å². The normalized spacial score (nSPS) is 11.0. The van der Waals surface area contributed by atoms with E-state index in [-0.39, 0.29) is 29.2 Å². The molecule has 0 aliphatic heterocycles. The van der Waals surface area contributed by atoms with Crippen LogP contribution >= 0.6 is 0 Å². The van der Waals surface area contributed by atoms with E-state index >= 15 is 0 Å². The van der Waals surface area contributed by atoms with Gasteiger partial charge in [0.2, 0.25) is 0 Å². The number of carbonyl (C=O) groups is 1. The van der Waals surface area contributed by atoms with Crippen molar-refractivity contribution in [3.05, 3.63) is 99.7 Å². The summed E-state index contributed by atoms with van der Waals surface area (Å²) in [5.74, 6) is -0.393. The van der Waals surface area contributed by atoms with E-state index in [0.717, 1.165) is 5.56 Å². The van der Waals surface area contributed by atoms with Crippen molar-refractivity contribution in [2.75, 3.05) is 6.54 Å². The largest absolute Gasteiger partial charge is 0.460 e. The highest BCUT2D eigenvalue weighted by atomic mass is 19.1. The predicted molar refractivity (Wildman–Crippen MR) is 111 cm³/mol. The maximum absolute atomic E-state index is 14.0. The van der Waals surface area contributed by atoms with E-state index in [0.29, 0.717) is 29.9 Å². The highest BCUT2D eigenvalue weighted by Gasteiger charge is 2.22. The number of aryl methyl sites for hydroxylation is 1. The van der Waals surface area contributed by atoms with Crippen molar-refractivity contribution in [1.29, 1.82) is 0 Å². The molecule has 0 radical (unpaired) electrons. The van der Waals surface area contributed by atoms with E-state index in [1.165, 1.54) is 10.6 Å². The van der Waals surface area contributed by atoms with Crippen LogP contribution in [-0.2, 0) is 13.0 Å². The fourth-order valence-corrected chi connectivity index (χ4v) is 3.43. The molecule has 0 atom stereocenters. The van der Waals surface area contributed by atoms with Gasteiger partial charge in [0.15, 0.2) is 0 Å². The van der Waals surface area contributed by atoms with Crippen LogP contribution < -0.4 is 10.9 Å². The summed E-state index contributed by atoms with van der Waals surface area (Å²) in [6, 6.07) is 11.7. The molecule has 0 spiro atoms. The van der Waals surface area contributed by atoms with E-state index in [4.69, 9.17) is 4.42 Å². The first kappa shape index (κ1) is 19.6. The molecule has 1 N–H and O–H groups in total. The van der Waals surface area contributed by atoms with Crippen molar-refractivity contribution in [2.24, 2.45) is 0 Å². The number of nitrogens with zero attached hydrogens (tertiary/aromatic N) is 2. The maximum atomic E-state index is 14.0. The van der Waals surface area contributed by atoms with Gasteiger partial charge in [-0.25, -0.2) is 4.39 Å². The lowest BCUT2D eigenvalue weighted by Crippen LogP contribution is -2.28. The summed E-state index contributed by atoms with van der Waals surface area (Å²) in [6.45, 7) is 2.12. The van der Waals surface area contributed by atoms with Gasteiger partial charge in [0.05, 0.1) is 17.5 Å². The van der Waals surface area contributed by atoms with Crippen LogP contribution in [0.5, 0.6) is 0 Å². The highest BCUT2D eigenvalue weighted by molar-refractivity contribution is 6.06. The third-order valence-corrected chi connectivity index (χ3v) is 4.97. The molecule has 30 heavy (non-hydrogen) atoms. The van der Waals surface area contributed by atoms with Crippen LogP contribution in [0.2, 0.25) is 0 Å². The van der Waals surface area contributed by atoms with E-state index in [1.807, 2.05) is 12.1 Å². The molecule has 3 heterocycles. The van der Waals surface area contributed by atoms with Crippen LogP contribution in [0.1, 0.15) is 27.2 Å². The van der Waals surface area contributed by atoms with Gasteiger partial charge < -0.3 is 14.3 Å². The minimum absolute atomic E-state index is 0.0643. The fraction of sp³-hybridized carbons (Fsp3) is 0.174. The Morgan fingerprint density at radius 3 is 2.70 bits per heavy atom. The standard InChI is InChI=1S/C23H20FN3O3/c1-15-20(22(28)26-12-8-16-6-10-25-11-7-16)21-19(30-15)9-13-27(23(21)29)14-17-4-2-3-5-18(17)24/h2-7,9-11,13H,8,12,14H2,1H3,(H,26,28). The zero-order valence-corrected chi connectivity index (χ0v) is 16.4. The number of fused-ring (bicyclic) bond motifs is 1. The number of amides is 1. The first-order chi connectivity index (χ1) is 14.5. The predicted octanol–water partition coefficient (Wildman–Crippen LogP) is 3.46.